The van der Waals surface area contributed by atoms with Gasteiger partial charge in [0.15, 0.2) is 0 Å². The number of hydrogen-bond acceptors (Lipinski definition) is 3. The van der Waals surface area contributed by atoms with Crippen molar-refractivity contribution in [1.29, 1.82) is 0 Å². The van der Waals surface area contributed by atoms with E-state index in [-0.39, 0.29) is 5.38 Å². The van der Waals surface area contributed by atoms with Crippen molar-refractivity contribution in [2.45, 2.75) is 38.0 Å². The second kappa shape index (κ2) is 6.62. The Bertz CT molecular complexity index is 294. The van der Waals surface area contributed by atoms with E-state index in [1.165, 1.54) is 12.7 Å². The fourth-order valence-electron chi connectivity index (χ4n) is 1.35. The molecule has 1 heterocycles. The maximum Gasteiger partial charge on any atom is 0.216 e. The van der Waals surface area contributed by atoms with E-state index in [1.807, 2.05) is 6.07 Å². The lowest BCUT2D eigenvalue weighted by Crippen LogP contribution is -2.05. The maximum absolute atomic E-state index is 6.19. The maximum atomic E-state index is 6.19. The summed E-state index contributed by atoms with van der Waals surface area (Å²) in [5.74, 6) is 0.597. The van der Waals surface area contributed by atoms with E-state index in [9.17, 15) is 0 Å². The summed E-state index contributed by atoms with van der Waals surface area (Å²) in [7, 11) is 1.60. The van der Waals surface area contributed by atoms with Gasteiger partial charge in [-0.15, -0.1) is 11.6 Å². The summed E-state index contributed by atoms with van der Waals surface area (Å²) in [4.78, 5) is 8.11. The number of ether oxygens (including phenoxy) is 1. The number of methoxy groups -OCH3 is 1. The summed E-state index contributed by atoms with van der Waals surface area (Å²) in [6.45, 7) is 2.16. The fourth-order valence-corrected chi connectivity index (χ4v) is 1.67. The molecule has 84 valence electrons. The molecule has 1 atom stereocenters. The van der Waals surface area contributed by atoms with Gasteiger partial charge in [0.1, 0.15) is 6.33 Å². The van der Waals surface area contributed by atoms with Crippen molar-refractivity contribution in [2.24, 2.45) is 0 Å². The summed E-state index contributed by atoms with van der Waals surface area (Å²) in [5.41, 5.74) is 0.943. The molecule has 0 spiro atoms. The lowest BCUT2D eigenvalue weighted by molar-refractivity contribution is 0.395. The summed E-state index contributed by atoms with van der Waals surface area (Å²) in [6.07, 6.45) is 5.66. The first kappa shape index (κ1) is 12.2. The molecule has 0 aliphatic carbocycles. The average Bonchev–Trinajstić information content (AvgIpc) is 2.26. The molecular weight excluding hydrogens is 212 g/mol. The minimum Gasteiger partial charge on any atom is -0.481 e. The number of unbranched alkanes of at least 4 members (excludes halogenated alkanes) is 1. The normalized spacial score (nSPS) is 12.5. The first-order valence-electron chi connectivity index (χ1n) is 5.25. The highest BCUT2D eigenvalue weighted by atomic mass is 35.5. The topological polar surface area (TPSA) is 35.0 Å². The zero-order chi connectivity index (χ0) is 11.1. The van der Waals surface area contributed by atoms with Gasteiger partial charge in [0.2, 0.25) is 5.88 Å². The molecule has 0 bridgehead atoms. The molecule has 0 N–H and O–H groups in total. The highest BCUT2D eigenvalue weighted by Crippen LogP contribution is 2.14. The summed E-state index contributed by atoms with van der Waals surface area (Å²) < 4.78 is 5.02. The minimum atomic E-state index is 0.157. The molecule has 15 heavy (non-hydrogen) atoms. The van der Waals surface area contributed by atoms with E-state index in [1.54, 1.807) is 7.11 Å². The Balaban J connectivity index is 2.48. The molecule has 0 aliphatic heterocycles. The van der Waals surface area contributed by atoms with Crippen molar-refractivity contribution in [3.8, 4) is 5.88 Å². The monoisotopic (exact) mass is 228 g/mol. The van der Waals surface area contributed by atoms with Crippen LogP contribution in [0.25, 0.3) is 0 Å². The lowest BCUT2D eigenvalue weighted by Gasteiger charge is -2.08. The van der Waals surface area contributed by atoms with Crippen LogP contribution in [-0.2, 0) is 6.42 Å². The average molecular weight is 229 g/mol. The second-order valence-electron chi connectivity index (χ2n) is 3.50. The molecule has 1 aromatic heterocycles. The van der Waals surface area contributed by atoms with Crippen LogP contribution >= 0.6 is 11.6 Å². The molecule has 0 aromatic carbocycles. The van der Waals surface area contributed by atoms with Gasteiger partial charge in [0.25, 0.3) is 0 Å². The third-order valence-electron chi connectivity index (χ3n) is 2.21. The van der Waals surface area contributed by atoms with Gasteiger partial charge >= 0.3 is 0 Å². The van der Waals surface area contributed by atoms with Crippen LogP contribution in [0.3, 0.4) is 0 Å². The van der Waals surface area contributed by atoms with Crippen molar-refractivity contribution in [2.75, 3.05) is 7.11 Å². The molecule has 0 saturated heterocycles. The summed E-state index contributed by atoms with van der Waals surface area (Å²) >= 11 is 6.19. The largest absolute Gasteiger partial charge is 0.481 e. The highest BCUT2D eigenvalue weighted by molar-refractivity contribution is 6.20. The van der Waals surface area contributed by atoms with E-state index in [2.05, 4.69) is 16.9 Å². The third-order valence-corrected chi connectivity index (χ3v) is 2.58. The Morgan fingerprint density at radius 1 is 1.47 bits per heavy atom. The molecule has 0 saturated carbocycles. The number of aromatic nitrogens is 2. The van der Waals surface area contributed by atoms with Crippen molar-refractivity contribution in [3.63, 3.8) is 0 Å². The zero-order valence-corrected chi connectivity index (χ0v) is 10.00. The van der Waals surface area contributed by atoms with Gasteiger partial charge in [-0.05, 0) is 6.42 Å². The van der Waals surface area contributed by atoms with Crippen LogP contribution in [0.2, 0.25) is 0 Å². The van der Waals surface area contributed by atoms with Gasteiger partial charge in [-0.2, -0.15) is 0 Å². The Hall–Kier alpha value is -0.830. The Morgan fingerprint density at radius 2 is 2.27 bits per heavy atom. The second-order valence-corrected chi connectivity index (χ2v) is 4.11. The van der Waals surface area contributed by atoms with Crippen molar-refractivity contribution in [1.82, 2.24) is 9.97 Å². The van der Waals surface area contributed by atoms with Crippen LogP contribution in [0.15, 0.2) is 12.4 Å². The number of alkyl halides is 1. The predicted octanol–water partition coefficient (Wildman–Crippen LogP) is 2.83. The van der Waals surface area contributed by atoms with Crippen LogP contribution in [0, 0.1) is 0 Å². The molecule has 0 fully saturated rings. The van der Waals surface area contributed by atoms with Crippen molar-refractivity contribution >= 4 is 11.6 Å². The van der Waals surface area contributed by atoms with Crippen LogP contribution < -0.4 is 4.74 Å². The summed E-state index contributed by atoms with van der Waals surface area (Å²) in [5, 5.41) is 0.157. The van der Waals surface area contributed by atoms with Gasteiger partial charge < -0.3 is 4.74 Å². The Morgan fingerprint density at radius 3 is 2.93 bits per heavy atom. The first-order chi connectivity index (χ1) is 7.26. The van der Waals surface area contributed by atoms with E-state index in [0.29, 0.717) is 5.88 Å². The van der Waals surface area contributed by atoms with Gasteiger partial charge in [0.05, 0.1) is 7.11 Å². The van der Waals surface area contributed by atoms with Crippen molar-refractivity contribution in [3.05, 3.63) is 18.1 Å². The molecular formula is C11H17ClN2O. The van der Waals surface area contributed by atoms with Crippen LogP contribution in [0.4, 0.5) is 0 Å². The van der Waals surface area contributed by atoms with E-state index in [0.717, 1.165) is 25.0 Å². The SMILES string of the molecule is CCCCC(Cl)Cc1cc(OC)ncn1. The van der Waals surface area contributed by atoms with Crippen LogP contribution in [0.5, 0.6) is 5.88 Å². The Kier molecular flexibility index (Phi) is 5.40. The molecule has 3 nitrogen and oxygen atoms in total. The standard InChI is InChI=1S/C11H17ClN2O/c1-3-4-5-9(12)6-10-7-11(15-2)14-8-13-10/h7-9H,3-6H2,1-2H3. The molecule has 4 heteroatoms. The Labute approximate surface area is 95.8 Å². The molecule has 1 rings (SSSR count). The number of nitrogens with zero attached hydrogens (tertiary/aromatic N) is 2. The van der Waals surface area contributed by atoms with Crippen molar-refractivity contribution < 1.29 is 4.74 Å². The molecule has 0 amide bonds. The number of rotatable bonds is 6. The fraction of sp³-hybridized carbons (Fsp3) is 0.636. The molecule has 0 radical (unpaired) electrons. The number of hydrogen-bond donors (Lipinski definition) is 0. The number of halogens is 1. The van der Waals surface area contributed by atoms with E-state index >= 15 is 0 Å². The summed E-state index contributed by atoms with van der Waals surface area (Å²) in [6, 6.07) is 1.83. The van der Waals surface area contributed by atoms with Gasteiger partial charge in [0, 0.05) is 23.6 Å². The van der Waals surface area contributed by atoms with Crippen LogP contribution in [-0.4, -0.2) is 22.5 Å². The zero-order valence-electron chi connectivity index (χ0n) is 9.24. The molecule has 0 aliphatic rings. The smallest absolute Gasteiger partial charge is 0.216 e. The quantitative estimate of drug-likeness (QED) is 0.703. The van der Waals surface area contributed by atoms with E-state index < -0.39 is 0 Å². The third kappa shape index (κ3) is 4.47. The lowest BCUT2D eigenvalue weighted by atomic mass is 10.1. The highest BCUT2D eigenvalue weighted by Gasteiger charge is 2.07. The van der Waals surface area contributed by atoms with Crippen LogP contribution in [0.1, 0.15) is 31.9 Å². The molecule has 1 aromatic rings. The minimum absolute atomic E-state index is 0.157. The van der Waals surface area contributed by atoms with E-state index in [4.69, 9.17) is 16.3 Å². The first-order valence-corrected chi connectivity index (χ1v) is 5.69. The molecule has 1 unspecified atom stereocenters. The van der Waals surface area contributed by atoms with Gasteiger partial charge in [-0.25, -0.2) is 9.97 Å². The van der Waals surface area contributed by atoms with Gasteiger partial charge in [-0.3, -0.25) is 0 Å². The van der Waals surface area contributed by atoms with Gasteiger partial charge in [-0.1, -0.05) is 19.8 Å². The predicted molar refractivity (Wildman–Crippen MR) is 61.5 cm³/mol.